The summed E-state index contributed by atoms with van der Waals surface area (Å²) in [7, 11) is 3.19. The Kier molecular flexibility index (Phi) is 6.08. The molecule has 1 aromatic carbocycles. The maximum Gasteiger partial charge on any atom is 0.158 e. The van der Waals surface area contributed by atoms with Crippen molar-refractivity contribution < 1.29 is 14.2 Å². The van der Waals surface area contributed by atoms with E-state index in [1.165, 1.54) is 12.4 Å². The number of methoxy groups -OCH3 is 2. The maximum atomic E-state index is 8.84. The van der Waals surface area contributed by atoms with Crippen LogP contribution in [-0.4, -0.2) is 39.4 Å². The molecule has 0 aliphatic heterocycles. The van der Waals surface area contributed by atoms with Crippen LogP contribution in [0.3, 0.4) is 0 Å². The van der Waals surface area contributed by atoms with Gasteiger partial charge in [0.25, 0.3) is 0 Å². The number of pyridine rings is 1. The van der Waals surface area contributed by atoms with Crippen molar-refractivity contribution in [3.63, 3.8) is 0 Å². The van der Waals surface area contributed by atoms with Crippen molar-refractivity contribution in [1.29, 1.82) is 5.26 Å². The van der Waals surface area contributed by atoms with Gasteiger partial charge in [-0.1, -0.05) is 12.1 Å². The minimum atomic E-state index is 0.235. The lowest BCUT2D eigenvalue weighted by Gasteiger charge is -2.13. The number of nitrogens with zero attached hydrogens (tertiary/aromatic N) is 5. The molecule has 10 heteroatoms. The first-order valence-electron chi connectivity index (χ1n) is 9.53. The van der Waals surface area contributed by atoms with Crippen LogP contribution in [0, 0.1) is 11.3 Å². The van der Waals surface area contributed by atoms with Crippen LogP contribution in [0.25, 0.3) is 11.3 Å². The number of aromatic nitrogens is 5. The summed E-state index contributed by atoms with van der Waals surface area (Å²) in [6.07, 6.45) is 6.08. The Morgan fingerprint density at radius 3 is 2.47 bits per heavy atom. The zero-order valence-electron chi connectivity index (χ0n) is 17.4. The van der Waals surface area contributed by atoms with Crippen molar-refractivity contribution in [2.24, 2.45) is 0 Å². The number of hydrogen-bond donors (Lipinski definition) is 2. The molecule has 160 valence electrons. The van der Waals surface area contributed by atoms with Crippen LogP contribution in [0.2, 0.25) is 0 Å². The van der Waals surface area contributed by atoms with Crippen LogP contribution in [0.4, 0.5) is 11.6 Å². The fourth-order valence-electron chi connectivity index (χ4n) is 2.93. The highest BCUT2D eigenvalue weighted by atomic mass is 16.5. The predicted molar refractivity (Wildman–Crippen MR) is 116 cm³/mol. The van der Waals surface area contributed by atoms with Crippen LogP contribution in [0.5, 0.6) is 17.2 Å². The second kappa shape index (κ2) is 9.44. The summed E-state index contributed by atoms with van der Waals surface area (Å²) in [5.41, 5.74) is 2.56. The van der Waals surface area contributed by atoms with E-state index in [2.05, 4.69) is 30.5 Å². The highest BCUT2D eigenvalue weighted by molar-refractivity contribution is 5.75. The average Bonchev–Trinajstić information content (AvgIpc) is 3.31. The third-order valence-corrected chi connectivity index (χ3v) is 4.52. The van der Waals surface area contributed by atoms with E-state index in [-0.39, 0.29) is 5.69 Å². The lowest BCUT2D eigenvalue weighted by Crippen LogP contribution is -2.00. The van der Waals surface area contributed by atoms with Gasteiger partial charge in [-0.05, 0) is 17.7 Å². The minimum absolute atomic E-state index is 0.235. The highest BCUT2D eigenvalue weighted by Gasteiger charge is 2.17. The molecule has 0 amide bonds. The van der Waals surface area contributed by atoms with Gasteiger partial charge in [0.2, 0.25) is 0 Å². The van der Waals surface area contributed by atoms with Crippen LogP contribution in [0.15, 0.2) is 55.1 Å². The Bertz CT molecular complexity index is 1230. The Balaban J connectivity index is 1.56. The maximum absolute atomic E-state index is 8.84. The Labute approximate surface area is 183 Å². The predicted octanol–water partition coefficient (Wildman–Crippen LogP) is 3.47. The van der Waals surface area contributed by atoms with Crippen molar-refractivity contribution in [2.45, 2.75) is 6.61 Å². The van der Waals surface area contributed by atoms with Crippen LogP contribution in [0.1, 0.15) is 11.3 Å². The van der Waals surface area contributed by atoms with Gasteiger partial charge in [0.15, 0.2) is 17.3 Å². The average molecular weight is 429 g/mol. The number of anilines is 2. The summed E-state index contributed by atoms with van der Waals surface area (Å²) in [6.45, 7) is 0.339. The molecule has 10 nitrogen and oxygen atoms in total. The smallest absolute Gasteiger partial charge is 0.158 e. The number of rotatable bonds is 8. The number of aromatic amines is 1. The van der Waals surface area contributed by atoms with Gasteiger partial charge in [0.1, 0.15) is 30.0 Å². The highest BCUT2D eigenvalue weighted by Crippen LogP contribution is 2.37. The molecule has 0 bridgehead atoms. The first-order chi connectivity index (χ1) is 15.7. The van der Waals surface area contributed by atoms with E-state index < -0.39 is 0 Å². The molecule has 3 aromatic heterocycles. The fraction of sp³-hybridized carbons (Fsp3) is 0.136. The molecule has 0 saturated heterocycles. The Hall–Kier alpha value is -4.65. The summed E-state index contributed by atoms with van der Waals surface area (Å²) < 4.78 is 16.7. The molecule has 0 atom stereocenters. The van der Waals surface area contributed by atoms with E-state index in [0.717, 1.165) is 11.3 Å². The van der Waals surface area contributed by atoms with E-state index in [1.54, 1.807) is 32.7 Å². The standard InChI is InChI=1S/C22H19N7O3/c1-30-16-5-3-14(4-6-16)13-32-19-11-24-10-18(31-2)22(19)17-7-20(29-28-17)27-21-12-25-15(8-23)9-26-21/h3-7,9-12H,13H2,1-2H3,(H2,26,27,28,29). The van der Waals surface area contributed by atoms with Crippen LogP contribution >= 0.6 is 0 Å². The van der Waals surface area contributed by atoms with Gasteiger partial charge in [-0.3, -0.25) is 10.1 Å². The molecule has 2 N–H and O–H groups in total. The molecular weight excluding hydrogens is 410 g/mol. The third-order valence-electron chi connectivity index (χ3n) is 4.52. The summed E-state index contributed by atoms with van der Waals surface area (Å²) in [4.78, 5) is 12.3. The molecule has 4 aromatic rings. The Morgan fingerprint density at radius 2 is 1.78 bits per heavy atom. The first-order valence-corrected chi connectivity index (χ1v) is 9.53. The normalized spacial score (nSPS) is 10.3. The van der Waals surface area contributed by atoms with Crippen LogP contribution in [-0.2, 0) is 6.61 Å². The largest absolute Gasteiger partial charge is 0.497 e. The van der Waals surface area contributed by atoms with Gasteiger partial charge in [0.05, 0.1) is 50.3 Å². The van der Waals surface area contributed by atoms with E-state index in [0.29, 0.717) is 41.0 Å². The molecule has 0 aliphatic carbocycles. The molecule has 4 rings (SSSR count). The van der Waals surface area contributed by atoms with Gasteiger partial charge in [-0.2, -0.15) is 10.4 Å². The number of hydrogen-bond acceptors (Lipinski definition) is 9. The van der Waals surface area contributed by atoms with Gasteiger partial charge < -0.3 is 19.5 Å². The summed E-state index contributed by atoms with van der Waals surface area (Å²) in [5, 5.41) is 19.1. The van der Waals surface area contributed by atoms with Gasteiger partial charge in [-0.15, -0.1) is 0 Å². The van der Waals surface area contributed by atoms with Crippen molar-refractivity contribution in [3.05, 3.63) is 66.4 Å². The lowest BCUT2D eigenvalue weighted by atomic mass is 10.1. The number of benzene rings is 1. The molecule has 0 spiro atoms. The van der Waals surface area contributed by atoms with Gasteiger partial charge in [-0.25, -0.2) is 9.97 Å². The quantitative estimate of drug-likeness (QED) is 0.432. The zero-order chi connectivity index (χ0) is 22.3. The lowest BCUT2D eigenvalue weighted by molar-refractivity contribution is 0.303. The van der Waals surface area contributed by atoms with Crippen LogP contribution < -0.4 is 19.5 Å². The molecule has 0 saturated carbocycles. The van der Waals surface area contributed by atoms with Crippen molar-refractivity contribution in [3.8, 4) is 34.6 Å². The molecule has 0 radical (unpaired) electrons. The Morgan fingerprint density at radius 1 is 0.969 bits per heavy atom. The van der Waals surface area contributed by atoms with E-state index >= 15 is 0 Å². The zero-order valence-corrected chi connectivity index (χ0v) is 17.4. The van der Waals surface area contributed by atoms with Crippen molar-refractivity contribution in [1.82, 2.24) is 25.1 Å². The SMILES string of the molecule is COc1ccc(COc2cncc(OC)c2-c2cc(Nc3cnc(C#N)cn3)n[nH]2)cc1. The van der Waals surface area contributed by atoms with E-state index in [4.69, 9.17) is 19.5 Å². The monoisotopic (exact) mass is 429 g/mol. The first kappa shape index (κ1) is 20.6. The number of nitriles is 1. The topological polar surface area (TPSA) is 131 Å². The fourth-order valence-corrected chi connectivity index (χ4v) is 2.93. The second-order valence-electron chi connectivity index (χ2n) is 6.54. The number of H-pyrrole nitrogens is 1. The second-order valence-corrected chi connectivity index (χ2v) is 6.54. The van der Waals surface area contributed by atoms with E-state index in [9.17, 15) is 0 Å². The summed E-state index contributed by atoms with van der Waals surface area (Å²) in [5.74, 6) is 2.82. The minimum Gasteiger partial charge on any atom is -0.497 e. The number of ether oxygens (including phenoxy) is 3. The van der Waals surface area contributed by atoms with Crippen molar-refractivity contribution in [2.75, 3.05) is 19.5 Å². The summed E-state index contributed by atoms with van der Waals surface area (Å²) >= 11 is 0. The van der Waals surface area contributed by atoms with Crippen molar-refractivity contribution >= 4 is 11.6 Å². The molecule has 0 aliphatic rings. The molecular formula is C22H19N7O3. The molecule has 0 unspecified atom stereocenters. The van der Waals surface area contributed by atoms with Gasteiger partial charge >= 0.3 is 0 Å². The van der Waals surface area contributed by atoms with E-state index in [1.807, 2.05) is 30.3 Å². The molecule has 3 heterocycles. The number of nitrogens with one attached hydrogen (secondary N) is 2. The third kappa shape index (κ3) is 4.57. The molecule has 0 fully saturated rings. The summed E-state index contributed by atoms with van der Waals surface area (Å²) in [6, 6.07) is 11.3. The molecule has 32 heavy (non-hydrogen) atoms. The van der Waals surface area contributed by atoms with Gasteiger partial charge in [0, 0.05) is 6.07 Å².